The van der Waals surface area contributed by atoms with Gasteiger partial charge in [0.2, 0.25) is 0 Å². The number of hydrogen-bond acceptors (Lipinski definition) is 4. The van der Waals surface area contributed by atoms with Crippen LogP contribution in [0.3, 0.4) is 0 Å². The average Bonchev–Trinajstić information content (AvgIpc) is 2.49. The van der Waals surface area contributed by atoms with Gasteiger partial charge in [0.15, 0.2) is 0 Å². The van der Waals surface area contributed by atoms with Crippen LogP contribution in [0, 0.1) is 0 Å². The van der Waals surface area contributed by atoms with Gasteiger partial charge >= 0.3 is 5.97 Å². The first-order valence-electron chi connectivity index (χ1n) is 4.82. The largest absolute Gasteiger partial charge is 0.507 e. The number of phenolic OH excluding ortho intramolecular Hbond substituents is 1. The second-order valence-corrected chi connectivity index (χ2v) is 4.80. The predicted molar refractivity (Wildman–Crippen MR) is 57.9 cm³/mol. The third-order valence-electron chi connectivity index (χ3n) is 2.26. The molecular formula is C11H12O3S. The molecule has 1 heterocycles. The Hall–Kier alpha value is -1.16. The fourth-order valence-electron chi connectivity index (χ4n) is 1.53. The van der Waals surface area contributed by atoms with E-state index in [1.54, 1.807) is 18.2 Å². The summed E-state index contributed by atoms with van der Waals surface area (Å²) >= 11 is 1.37. The lowest BCUT2D eigenvalue weighted by Crippen LogP contribution is -2.09. The van der Waals surface area contributed by atoms with E-state index in [0.717, 1.165) is 4.90 Å². The smallest absolute Gasteiger partial charge is 0.319 e. The summed E-state index contributed by atoms with van der Waals surface area (Å²) in [5.74, 6) is 0.0330. The van der Waals surface area contributed by atoms with E-state index in [0.29, 0.717) is 6.42 Å². The first-order chi connectivity index (χ1) is 7.16. The van der Waals surface area contributed by atoms with Crippen molar-refractivity contribution in [2.75, 3.05) is 0 Å². The third-order valence-corrected chi connectivity index (χ3v) is 3.53. The Morgan fingerprint density at radius 3 is 2.80 bits per heavy atom. The number of thioether (sulfide) groups is 1. The van der Waals surface area contributed by atoms with Crippen molar-refractivity contribution in [3.8, 4) is 5.75 Å². The van der Waals surface area contributed by atoms with Gasteiger partial charge in [0.05, 0.1) is 0 Å². The maximum atomic E-state index is 11.4. The molecule has 0 spiro atoms. The molecule has 0 amide bonds. The van der Waals surface area contributed by atoms with E-state index in [9.17, 15) is 9.90 Å². The number of benzene rings is 1. The van der Waals surface area contributed by atoms with Gasteiger partial charge in [-0.1, -0.05) is 12.1 Å². The molecule has 0 radical (unpaired) electrons. The van der Waals surface area contributed by atoms with Crippen LogP contribution < -0.4 is 0 Å². The van der Waals surface area contributed by atoms with Gasteiger partial charge in [-0.25, -0.2) is 0 Å². The van der Waals surface area contributed by atoms with Crippen LogP contribution >= 0.6 is 11.8 Å². The van der Waals surface area contributed by atoms with Crippen LogP contribution in [0.4, 0.5) is 0 Å². The molecule has 80 valence electrons. The zero-order valence-corrected chi connectivity index (χ0v) is 9.16. The second-order valence-electron chi connectivity index (χ2n) is 3.56. The van der Waals surface area contributed by atoms with Gasteiger partial charge in [0.1, 0.15) is 17.1 Å². The maximum Gasteiger partial charge on any atom is 0.319 e. The summed E-state index contributed by atoms with van der Waals surface area (Å²) in [6, 6.07) is 7.02. The maximum absolute atomic E-state index is 11.4. The number of esters is 1. The molecule has 3 nitrogen and oxygen atoms in total. The van der Waals surface area contributed by atoms with Gasteiger partial charge < -0.3 is 9.84 Å². The SMILES string of the molecule is C[C@H]1C[C@@H](Sc2ccccc2O)C(=O)O1. The second kappa shape index (κ2) is 4.14. The lowest BCUT2D eigenvalue weighted by Gasteiger charge is -2.06. The molecule has 0 unspecified atom stereocenters. The number of phenols is 1. The molecule has 1 aromatic rings. The van der Waals surface area contributed by atoms with Crippen LogP contribution in [-0.4, -0.2) is 22.4 Å². The number of aromatic hydroxyl groups is 1. The fourth-order valence-corrected chi connectivity index (χ4v) is 2.70. The molecule has 1 saturated heterocycles. The van der Waals surface area contributed by atoms with Crippen LogP contribution in [-0.2, 0) is 9.53 Å². The topological polar surface area (TPSA) is 46.5 Å². The molecule has 0 bridgehead atoms. The van der Waals surface area contributed by atoms with Gasteiger partial charge in [-0.3, -0.25) is 4.79 Å². The molecule has 1 aliphatic heterocycles. The van der Waals surface area contributed by atoms with Gasteiger partial charge in [-0.15, -0.1) is 11.8 Å². The van der Waals surface area contributed by atoms with E-state index >= 15 is 0 Å². The zero-order chi connectivity index (χ0) is 10.8. The highest BCUT2D eigenvalue weighted by atomic mass is 32.2. The monoisotopic (exact) mass is 224 g/mol. The Bertz CT molecular complexity index is 378. The highest BCUT2D eigenvalue weighted by molar-refractivity contribution is 8.00. The summed E-state index contributed by atoms with van der Waals surface area (Å²) in [4.78, 5) is 12.1. The normalized spacial score (nSPS) is 25.3. The van der Waals surface area contributed by atoms with Gasteiger partial charge in [0, 0.05) is 11.3 Å². The molecule has 1 N–H and O–H groups in total. The molecule has 2 atom stereocenters. The first-order valence-corrected chi connectivity index (χ1v) is 5.70. The van der Waals surface area contributed by atoms with E-state index in [1.165, 1.54) is 11.8 Å². The van der Waals surface area contributed by atoms with Crippen molar-refractivity contribution in [1.29, 1.82) is 0 Å². The molecular weight excluding hydrogens is 212 g/mol. The van der Waals surface area contributed by atoms with Crippen LogP contribution in [0.25, 0.3) is 0 Å². The van der Waals surface area contributed by atoms with Crippen LogP contribution in [0.5, 0.6) is 5.75 Å². The summed E-state index contributed by atoms with van der Waals surface area (Å²) in [6.45, 7) is 1.88. The standard InChI is InChI=1S/C11H12O3S/c1-7-6-10(11(13)14-7)15-9-5-3-2-4-8(9)12/h2-5,7,10,12H,6H2,1H3/t7-,10+/m0/s1. The molecule has 4 heteroatoms. The minimum atomic E-state index is -0.187. The van der Waals surface area contributed by atoms with Gasteiger partial charge in [-0.2, -0.15) is 0 Å². The number of rotatable bonds is 2. The Morgan fingerprint density at radius 2 is 2.20 bits per heavy atom. The zero-order valence-electron chi connectivity index (χ0n) is 8.34. The fraction of sp³-hybridized carbons (Fsp3) is 0.364. The molecule has 15 heavy (non-hydrogen) atoms. The number of cyclic esters (lactones) is 1. The van der Waals surface area contributed by atoms with Crippen molar-refractivity contribution < 1.29 is 14.6 Å². The molecule has 0 aromatic heterocycles. The van der Waals surface area contributed by atoms with E-state index in [1.807, 2.05) is 13.0 Å². The first kappa shape index (κ1) is 10.4. The van der Waals surface area contributed by atoms with Gasteiger partial charge in [-0.05, 0) is 19.1 Å². The Kier molecular flexibility index (Phi) is 2.86. The Labute approximate surface area is 92.4 Å². The minimum Gasteiger partial charge on any atom is -0.507 e. The third kappa shape index (κ3) is 2.26. The summed E-state index contributed by atoms with van der Waals surface area (Å²) in [6.07, 6.45) is 0.693. The molecule has 1 fully saturated rings. The lowest BCUT2D eigenvalue weighted by molar-refractivity contribution is -0.140. The van der Waals surface area contributed by atoms with Gasteiger partial charge in [0.25, 0.3) is 0 Å². The molecule has 1 aromatic carbocycles. The summed E-state index contributed by atoms with van der Waals surface area (Å²) in [5, 5.41) is 9.36. The van der Waals surface area contributed by atoms with E-state index < -0.39 is 0 Å². The molecule has 0 aliphatic carbocycles. The Balaban J connectivity index is 2.09. The highest BCUT2D eigenvalue weighted by Gasteiger charge is 2.32. The van der Waals surface area contributed by atoms with Crippen molar-refractivity contribution in [3.05, 3.63) is 24.3 Å². The lowest BCUT2D eigenvalue weighted by atomic mass is 10.3. The number of para-hydroxylation sites is 1. The van der Waals surface area contributed by atoms with E-state index in [-0.39, 0.29) is 23.1 Å². The summed E-state index contributed by atoms with van der Waals surface area (Å²) in [7, 11) is 0. The average molecular weight is 224 g/mol. The quantitative estimate of drug-likeness (QED) is 0.782. The van der Waals surface area contributed by atoms with Crippen LogP contribution in [0.2, 0.25) is 0 Å². The number of hydrogen-bond donors (Lipinski definition) is 1. The summed E-state index contributed by atoms with van der Waals surface area (Å²) in [5.41, 5.74) is 0. The molecule has 2 rings (SSSR count). The highest BCUT2D eigenvalue weighted by Crippen LogP contribution is 2.36. The number of carbonyl (C=O) groups is 1. The van der Waals surface area contributed by atoms with Crippen LogP contribution in [0.1, 0.15) is 13.3 Å². The predicted octanol–water partition coefficient (Wildman–Crippen LogP) is 2.19. The Morgan fingerprint density at radius 1 is 1.47 bits per heavy atom. The van der Waals surface area contributed by atoms with Crippen molar-refractivity contribution >= 4 is 17.7 Å². The van der Waals surface area contributed by atoms with Crippen molar-refractivity contribution in [3.63, 3.8) is 0 Å². The van der Waals surface area contributed by atoms with E-state index in [2.05, 4.69) is 0 Å². The van der Waals surface area contributed by atoms with Crippen molar-refractivity contribution in [2.45, 2.75) is 29.6 Å². The van der Waals surface area contributed by atoms with Crippen molar-refractivity contribution in [2.24, 2.45) is 0 Å². The minimum absolute atomic E-state index is 0.0131. The number of ether oxygens (including phenoxy) is 1. The molecule has 0 saturated carbocycles. The van der Waals surface area contributed by atoms with Crippen molar-refractivity contribution in [1.82, 2.24) is 0 Å². The summed E-state index contributed by atoms with van der Waals surface area (Å²) < 4.78 is 5.04. The number of carbonyl (C=O) groups excluding carboxylic acids is 1. The van der Waals surface area contributed by atoms with E-state index in [4.69, 9.17) is 4.74 Å². The molecule has 1 aliphatic rings. The van der Waals surface area contributed by atoms with Crippen LogP contribution in [0.15, 0.2) is 29.2 Å².